The number of allylic oxidation sites excluding steroid dienone is 1. The van der Waals surface area contributed by atoms with Crippen LogP contribution in [0, 0.1) is 24.7 Å². The Morgan fingerprint density at radius 3 is 2.94 bits per heavy atom. The second kappa shape index (κ2) is 8.05. The third-order valence-corrected chi connectivity index (χ3v) is 9.37. The lowest BCUT2D eigenvalue weighted by atomic mass is 9.63. The second-order valence-corrected chi connectivity index (χ2v) is 11.2. The van der Waals surface area contributed by atoms with Gasteiger partial charge in [-0.1, -0.05) is 6.42 Å². The van der Waals surface area contributed by atoms with Gasteiger partial charge in [0.15, 0.2) is 0 Å². The molecule has 5 unspecified atom stereocenters. The van der Waals surface area contributed by atoms with Crippen molar-refractivity contribution in [2.24, 2.45) is 27.8 Å². The number of nitrogens with one attached hydrogen (secondary N) is 1. The first-order valence-corrected chi connectivity index (χ1v) is 13.0. The molecule has 2 saturated carbocycles. The molecular weight excluding hydrogens is 410 g/mol. The Morgan fingerprint density at radius 1 is 1.21 bits per heavy atom. The molecule has 3 aliphatic heterocycles. The molecule has 4 heterocycles. The highest BCUT2D eigenvalue weighted by Crippen LogP contribution is 2.46. The van der Waals surface area contributed by atoms with Crippen molar-refractivity contribution in [3.05, 3.63) is 28.7 Å². The van der Waals surface area contributed by atoms with Gasteiger partial charge in [0.1, 0.15) is 5.84 Å². The van der Waals surface area contributed by atoms with Crippen LogP contribution >= 0.6 is 0 Å². The van der Waals surface area contributed by atoms with Gasteiger partial charge in [-0.05, 0) is 70.9 Å². The van der Waals surface area contributed by atoms with E-state index in [0.29, 0.717) is 11.6 Å². The minimum absolute atomic E-state index is 0.261. The van der Waals surface area contributed by atoms with Crippen molar-refractivity contribution in [1.29, 1.82) is 0 Å². The Kier molecular flexibility index (Phi) is 5.25. The number of amidine groups is 1. The number of aryl methyl sites for hydroxylation is 1. The number of hydrogen-bond donors (Lipinski definition) is 1. The Morgan fingerprint density at radius 2 is 2.09 bits per heavy atom. The van der Waals surface area contributed by atoms with Crippen molar-refractivity contribution in [3.63, 3.8) is 0 Å². The Bertz CT molecular complexity index is 1020. The number of aliphatic imine (C=N–C) groups is 1. The highest BCUT2D eigenvalue weighted by Gasteiger charge is 2.43. The molecule has 0 aromatic carbocycles. The number of rotatable bonds is 4. The first kappa shape index (κ1) is 21.5. The summed E-state index contributed by atoms with van der Waals surface area (Å²) in [6.07, 6.45) is 13.7. The van der Waals surface area contributed by atoms with E-state index < -0.39 is 0 Å². The van der Waals surface area contributed by atoms with Crippen molar-refractivity contribution >= 4 is 12.1 Å². The van der Waals surface area contributed by atoms with Crippen LogP contribution in [0.5, 0.6) is 0 Å². The molecule has 33 heavy (non-hydrogen) atoms. The molecular formula is C26H39N7. The number of nitrogens with zero attached hydrogens (tertiary/aromatic N) is 6. The van der Waals surface area contributed by atoms with E-state index in [1.54, 1.807) is 0 Å². The third kappa shape index (κ3) is 3.59. The van der Waals surface area contributed by atoms with Crippen LogP contribution in [0.25, 0.3) is 0 Å². The molecule has 7 nitrogen and oxygen atoms in total. The standard InChI is InChI=1S/C26H39N7/c1-17-12-24(21-14-28-31(4)25(21)29-17)32-11-8-23-22(16-32)18(2)30-33(23)15-20-7-10-26(27-3)9-5-6-19(20)13-26/h12,14,19-21,24,27H,5-11,13,15-16H2,1-4H3. The summed E-state index contributed by atoms with van der Waals surface area (Å²) in [5.41, 5.74) is 5.70. The van der Waals surface area contributed by atoms with Crippen LogP contribution in [0.1, 0.15) is 62.4 Å². The van der Waals surface area contributed by atoms with Crippen LogP contribution in [0.2, 0.25) is 0 Å². The smallest absolute Gasteiger partial charge is 0.135 e. The lowest BCUT2D eigenvalue weighted by molar-refractivity contribution is 0.0640. The maximum atomic E-state index is 5.10. The molecule has 2 aliphatic carbocycles. The quantitative estimate of drug-likeness (QED) is 0.766. The van der Waals surface area contributed by atoms with Crippen LogP contribution in [0.4, 0.5) is 0 Å². The average Bonchev–Trinajstić information content (AvgIpc) is 3.35. The van der Waals surface area contributed by atoms with Crippen LogP contribution in [0.3, 0.4) is 0 Å². The van der Waals surface area contributed by atoms with E-state index in [1.807, 2.05) is 12.1 Å². The fourth-order valence-corrected chi connectivity index (χ4v) is 7.44. The highest BCUT2D eigenvalue weighted by atomic mass is 15.5. The number of hydrogen-bond acceptors (Lipinski definition) is 6. The van der Waals surface area contributed by atoms with Gasteiger partial charge < -0.3 is 5.32 Å². The van der Waals surface area contributed by atoms with Gasteiger partial charge in [0.2, 0.25) is 0 Å². The lowest BCUT2D eigenvalue weighted by Crippen LogP contribution is -2.52. The third-order valence-electron chi connectivity index (χ3n) is 9.37. The Hall–Kier alpha value is -1.99. The summed E-state index contributed by atoms with van der Waals surface area (Å²) in [4.78, 5) is 7.39. The van der Waals surface area contributed by atoms with E-state index >= 15 is 0 Å². The van der Waals surface area contributed by atoms with Gasteiger partial charge in [-0.25, -0.2) is 4.99 Å². The van der Waals surface area contributed by atoms with Crippen LogP contribution < -0.4 is 5.32 Å². The van der Waals surface area contributed by atoms with Crippen molar-refractivity contribution in [1.82, 2.24) is 25.0 Å². The van der Waals surface area contributed by atoms with E-state index in [0.717, 1.165) is 49.4 Å². The minimum atomic E-state index is 0.261. The van der Waals surface area contributed by atoms with Gasteiger partial charge in [0, 0.05) is 67.9 Å². The second-order valence-electron chi connectivity index (χ2n) is 11.2. The summed E-state index contributed by atoms with van der Waals surface area (Å²) in [5.74, 6) is 2.98. The summed E-state index contributed by atoms with van der Waals surface area (Å²) in [5, 5.41) is 15.3. The maximum Gasteiger partial charge on any atom is 0.135 e. The summed E-state index contributed by atoms with van der Waals surface area (Å²) in [6.45, 7) is 7.49. The summed E-state index contributed by atoms with van der Waals surface area (Å²) in [6, 6.07) is 0.331. The van der Waals surface area contributed by atoms with E-state index in [4.69, 9.17) is 10.1 Å². The monoisotopic (exact) mass is 449 g/mol. The molecule has 0 radical (unpaired) electrons. The zero-order valence-corrected chi connectivity index (χ0v) is 20.7. The largest absolute Gasteiger partial charge is 0.314 e. The van der Waals surface area contributed by atoms with Gasteiger partial charge in [-0.3, -0.25) is 14.6 Å². The molecule has 2 bridgehead atoms. The predicted molar refractivity (Wildman–Crippen MR) is 132 cm³/mol. The molecule has 5 atom stereocenters. The maximum absolute atomic E-state index is 5.10. The molecule has 0 spiro atoms. The van der Waals surface area contributed by atoms with Crippen molar-refractivity contribution in [3.8, 4) is 0 Å². The average molecular weight is 450 g/mol. The molecule has 0 amide bonds. The molecule has 0 saturated heterocycles. The van der Waals surface area contributed by atoms with Crippen LogP contribution in [0.15, 0.2) is 21.9 Å². The normalized spacial score (nSPS) is 35.8. The molecule has 1 aromatic rings. The molecule has 6 rings (SSSR count). The minimum Gasteiger partial charge on any atom is -0.314 e. The number of fused-ring (bicyclic) bond motifs is 4. The highest BCUT2D eigenvalue weighted by molar-refractivity contribution is 6.02. The molecule has 1 N–H and O–H groups in total. The van der Waals surface area contributed by atoms with E-state index in [-0.39, 0.29) is 5.92 Å². The Balaban J connectivity index is 1.19. The summed E-state index contributed by atoms with van der Waals surface area (Å²) >= 11 is 0. The first-order valence-electron chi connectivity index (χ1n) is 13.0. The van der Waals surface area contributed by atoms with Crippen molar-refractivity contribution < 1.29 is 0 Å². The zero-order valence-electron chi connectivity index (χ0n) is 20.7. The fraction of sp³-hybridized carbons (Fsp3) is 0.731. The van der Waals surface area contributed by atoms with Crippen LogP contribution in [-0.2, 0) is 19.5 Å². The summed E-state index contributed by atoms with van der Waals surface area (Å²) < 4.78 is 2.41. The molecule has 2 fully saturated rings. The van der Waals surface area contributed by atoms with Gasteiger partial charge in [-0.15, -0.1) is 0 Å². The van der Waals surface area contributed by atoms with E-state index in [2.05, 4.69) is 53.2 Å². The fourth-order valence-electron chi connectivity index (χ4n) is 7.44. The van der Waals surface area contributed by atoms with Crippen molar-refractivity contribution in [2.75, 3.05) is 20.6 Å². The van der Waals surface area contributed by atoms with Crippen molar-refractivity contribution in [2.45, 2.75) is 83.5 Å². The number of aromatic nitrogens is 2. The SMILES string of the molecule is CNC12CCCC(C1)C(Cn1nc(C)c3c1CCN(C1C=C(C)N=C4C1C=NN4C)C3)CC2. The first-order chi connectivity index (χ1) is 16.0. The predicted octanol–water partition coefficient (Wildman–Crippen LogP) is 3.34. The van der Waals surface area contributed by atoms with Crippen LogP contribution in [-0.4, -0.2) is 64.0 Å². The molecule has 1 aromatic heterocycles. The topological polar surface area (TPSA) is 61.1 Å². The molecule has 178 valence electrons. The Labute approximate surface area is 198 Å². The lowest BCUT2D eigenvalue weighted by Gasteiger charge is -2.49. The molecule has 5 aliphatic rings. The molecule has 7 heteroatoms. The summed E-state index contributed by atoms with van der Waals surface area (Å²) in [7, 11) is 4.18. The van der Waals surface area contributed by atoms with E-state index in [9.17, 15) is 0 Å². The zero-order chi connectivity index (χ0) is 22.7. The van der Waals surface area contributed by atoms with Gasteiger partial charge in [0.25, 0.3) is 0 Å². The van der Waals surface area contributed by atoms with E-state index in [1.165, 1.54) is 55.5 Å². The van der Waals surface area contributed by atoms with Gasteiger partial charge in [0.05, 0.1) is 11.6 Å². The van der Waals surface area contributed by atoms with Gasteiger partial charge >= 0.3 is 0 Å². The van der Waals surface area contributed by atoms with Gasteiger partial charge in [-0.2, -0.15) is 10.2 Å². The number of hydrazone groups is 1.